The highest BCUT2D eigenvalue weighted by atomic mass is 35.5. The van der Waals surface area contributed by atoms with Crippen LogP contribution in [0, 0.1) is 0 Å². The van der Waals surface area contributed by atoms with Crippen LogP contribution in [0.15, 0.2) is 18.2 Å². The summed E-state index contributed by atoms with van der Waals surface area (Å²) in [5.74, 6) is 0. The Morgan fingerprint density at radius 3 is 3.00 bits per heavy atom. The average Bonchev–Trinajstić information content (AvgIpc) is 2.35. The molecule has 4 heteroatoms. The van der Waals surface area contributed by atoms with Gasteiger partial charge in [-0.25, -0.2) is 0 Å². The number of benzene rings is 1. The fourth-order valence-corrected chi connectivity index (χ4v) is 1.87. The fraction of sp³-hybridized carbons (Fsp3) is 0. The summed E-state index contributed by atoms with van der Waals surface area (Å²) in [7, 11) is 0. The van der Waals surface area contributed by atoms with E-state index in [1.54, 1.807) is 0 Å². The molecule has 1 aromatic carbocycles. The molecule has 0 spiro atoms. The van der Waals surface area contributed by atoms with E-state index in [-0.39, 0.29) is 0 Å². The van der Waals surface area contributed by atoms with Crippen molar-refractivity contribution < 1.29 is 0 Å². The molecule has 0 aliphatic carbocycles. The second-order valence-electron chi connectivity index (χ2n) is 2.18. The number of hydrogen-bond acceptors (Lipinski definition) is 3. The number of hydrogen-bond donors (Lipinski definition) is 1. The van der Waals surface area contributed by atoms with Gasteiger partial charge in [0.25, 0.3) is 0 Å². The van der Waals surface area contributed by atoms with Gasteiger partial charge in [0.15, 0.2) is 0 Å². The third-order valence-corrected chi connectivity index (χ3v) is 2.48. The molecule has 0 unspecified atom stereocenters. The standard InChI is InChI=1S/C7H5ClN2S/c8-5-3-1-2-4-6(5)10-11-7(4)9/h1-3H,9H2. The zero-order valence-corrected chi connectivity index (χ0v) is 7.12. The molecule has 0 aliphatic heterocycles. The van der Waals surface area contributed by atoms with Gasteiger partial charge in [-0.3, -0.25) is 0 Å². The SMILES string of the molecule is Nc1snc2c(Cl)cccc12. The average molecular weight is 185 g/mol. The Labute approximate surface area is 72.8 Å². The first kappa shape index (κ1) is 6.88. The lowest BCUT2D eigenvalue weighted by Gasteiger charge is -1.90. The fourth-order valence-electron chi connectivity index (χ4n) is 0.951. The van der Waals surface area contributed by atoms with E-state index in [1.807, 2.05) is 18.2 Å². The van der Waals surface area contributed by atoms with Gasteiger partial charge >= 0.3 is 0 Å². The highest BCUT2D eigenvalue weighted by molar-refractivity contribution is 7.11. The molecule has 0 saturated heterocycles. The Morgan fingerprint density at radius 2 is 2.27 bits per heavy atom. The summed E-state index contributed by atoms with van der Waals surface area (Å²) in [5, 5.41) is 2.33. The van der Waals surface area contributed by atoms with E-state index in [0.29, 0.717) is 5.02 Å². The van der Waals surface area contributed by atoms with Gasteiger partial charge in [0.2, 0.25) is 0 Å². The molecule has 0 saturated carbocycles. The lowest BCUT2D eigenvalue weighted by Crippen LogP contribution is -1.77. The lowest BCUT2D eigenvalue weighted by atomic mass is 10.2. The van der Waals surface area contributed by atoms with E-state index in [9.17, 15) is 0 Å². The largest absolute Gasteiger partial charge is 0.389 e. The minimum Gasteiger partial charge on any atom is -0.389 e. The topological polar surface area (TPSA) is 38.9 Å². The van der Waals surface area contributed by atoms with Crippen LogP contribution in [0.4, 0.5) is 5.00 Å². The molecule has 0 bridgehead atoms. The molecule has 0 amide bonds. The number of rotatable bonds is 0. The van der Waals surface area contributed by atoms with Crippen LogP contribution in [0.1, 0.15) is 0 Å². The van der Waals surface area contributed by atoms with Crippen molar-refractivity contribution in [3.8, 4) is 0 Å². The van der Waals surface area contributed by atoms with Gasteiger partial charge in [-0.2, -0.15) is 4.37 Å². The predicted molar refractivity (Wildman–Crippen MR) is 49.0 cm³/mol. The van der Waals surface area contributed by atoms with Gasteiger partial charge < -0.3 is 5.73 Å². The zero-order valence-electron chi connectivity index (χ0n) is 5.54. The summed E-state index contributed by atoms with van der Waals surface area (Å²) < 4.78 is 4.10. The van der Waals surface area contributed by atoms with Crippen molar-refractivity contribution in [2.75, 3.05) is 5.73 Å². The maximum atomic E-state index is 5.86. The van der Waals surface area contributed by atoms with E-state index in [4.69, 9.17) is 17.3 Å². The molecule has 2 rings (SSSR count). The van der Waals surface area contributed by atoms with Gasteiger partial charge in [-0.05, 0) is 23.7 Å². The van der Waals surface area contributed by atoms with E-state index in [2.05, 4.69) is 4.37 Å². The van der Waals surface area contributed by atoms with Gasteiger partial charge in [0, 0.05) is 5.39 Å². The van der Waals surface area contributed by atoms with Crippen molar-refractivity contribution in [1.29, 1.82) is 0 Å². The van der Waals surface area contributed by atoms with Crippen molar-refractivity contribution in [1.82, 2.24) is 4.37 Å². The van der Waals surface area contributed by atoms with Gasteiger partial charge in [-0.15, -0.1) is 0 Å². The Balaban J connectivity index is 2.94. The van der Waals surface area contributed by atoms with Crippen LogP contribution in [0.25, 0.3) is 10.9 Å². The highest BCUT2D eigenvalue weighted by Crippen LogP contribution is 2.29. The Hall–Kier alpha value is -0.800. The van der Waals surface area contributed by atoms with Crippen LogP contribution in [0.5, 0.6) is 0 Å². The van der Waals surface area contributed by atoms with Gasteiger partial charge in [0.1, 0.15) is 10.5 Å². The summed E-state index contributed by atoms with van der Waals surface area (Å²) in [6, 6.07) is 5.60. The first-order valence-electron chi connectivity index (χ1n) is 3.08. The summed E-state index contributed by atoms with van der Waals surface area (Å²) in [6.45, 7) is 0. The molecule has 0 atom stereocenters. The van der Waals surface area contributed by atoms with E-state index in [1.165, 1.54) is 11.5 Å². The summed E-state index contributed by atoms with van der Waals surface area (Å²) in [4.78, 5) is 0. The van der Waals surface area contributed by atoms with Crippen molar-refractivity contribution in [2.24, 2.45) is 0 Å². The minimum atomic E-state index is 0.662. The second kappa shape index (κ2) is 2.36. The molecular formula is C7H5ClN2S. The second-order valence-corrected chi connectivity index (χ2v) is 3.40. The molecule has 2 aromatic rings. The number of nitrogens with zero attached hydrogens (tertiary/aromatic N) is 1. The molecule has 1 aromatic heterocycles. The predicted octanol–water partition coefficient (Wildman–Crippen LogP) is 2.53. The highest BCUT2D eigenvalue weighted by Gasteiger charge is 2.04. The molecule has 0 radical (unpaired) electrons. The minimum absolute atomic E-state index is 0.662. The summed E-state index contributed by atoms with van der Waals surface area (Å²) >= 11 is 7.13. The maximum Gasteiger partial charge on any atom is 0.114 e. The van der Waals surface area contributed by atoms with Crippen LogP contribution >= 0.6 is 23.1 Å². The lowest BCUT2D eigenvalue weighted by molar-refractivity contribution is 1.66. The first-order chi connectivity index (χ1) is 5.29. The summed E-state index contributed by atoms with van der Waals surface area (Å²) in [5.41, 5.74) is 6.44. The molecule has 2 N–H and O–H groups in total. The van der Waals surface area contributed by atoms with Crippen molar-refractivity contribution in [3.05, 3.63) is 23.2 Å². The van der Waals surface area contributed by atoms with Crippen LogP contribution in [0.3, 0.4) is 0 Å². The quantitative estimate of drug-likeness (QED) is 0.684. The van der Waals surface area contributed by atoms with Crippen molar-refractivity contribution in [2.45, 2.75) is 0 Å². The van der Waals surface area contributed by atoms with Gasteiger partial charge in [-0.1, -0.05) is 17.7 Å². The van der Waals surface area contributed by atoms with Gasteiger partial charge in [0.05, 0.1) is 5.02 Å². The molecular weight excluding hydrogens is 180 g/mol. The van der Waals surface area contributed by atoms with E-state index in [0.717, 1.165) is 15.9 Å². The zero-order chi connectivity index (χ0) is 7.84. The number of nitrogen functional groups attached to an aromatic ring is 1. The molecule has 0 fully saturated rings. The van der Waals surface area contributed by atoms with Crippen LogP contribution < -0.4 is 5.73 Å². The molecule has 56 valence electrons. The van der Waals surface area contributed by atoms with Crippen molar-refractivity contribution >= 4 is 39.0 Å². The van der Waals surface area contributed by atoms with Crippen molar-refractivity contribution in [3.63, 3.8) is 0 Å². The maximum absolute atomic E-state index is 5.86. The molecule has 0 aliphatic rings. The molecule has 2 nitrogen and oxygen atoms in total. The first-order valence-corrected chi connectivity index (χ1v) is 4.23. The smallest absolute Gasteiger partial charge is 0.114 e. The number of fused-ring (bicyclic) bond motifs is 1. The third-order valence-electron chi connectivity index (χ3n) is 1.49. The summed E-state index contributed by atoms with van der Waals surface area (Å²) in [6.07, 6.45) is 0. The van der Waals surface area contributed by atoms with Crippen LogP contribution in [-0.4, -0.2) is 4.37 Å². The Bertz CT molecular complexity index is 396. The van der Waals surface area contributed by atoms with Crippen LogP contribution in [0.2, 0.25) is 5.02 Å². The number of nitrogens with two attached hydrogens (primary N) is 1. The monoisotopic (exact) mass is 184 g/mol. The Morgan fingerprint density at radius 1 is 1.45 bits per heavy atom. The third kappa shape index (κ3) is 0.968. The van der Waals surface area contributed by atoms with E-state index < -0.39 is 0 Å². The number of anilines is 1. The van der Waals surface area contributed by atoms with E-state index >= 15 is 0 Å². The number of halogens is 1. The molecule has 11 heavy (non-hydrogen) atoms. The Kier molecular flexibility index (Phi) is 1.47. The van der Waals surface area contributed by atoms with Crippen LogP contribution in [-0.2, 0) is 0 Å². The number of aromatic nitrogens is 1. The molecule has 1 heterocycles. The normalized spacial score (nSPS) is 10.6.